The Hall–Kier alpha value is -0.350. The van der Waals surface area contributed by atoms with E-state index in [1.54, 1.807) is 0 Å². The summed E-state index contributed by atoms with van der Waals surface area (Å²) >= 11 is 0. The molecule has 1 radical (unpaired) electrons. The van der Waals surface area contributed by atoms with Crippen molar-refractivity contribution < 1.29 is 22.0 Å². The Balaban J connectivity index is 3.76. The standard InChI is InChI=1S/C7H10F5/c1-2-3-5(8)4-6(9)7(10,11)12/h5-6H,1-4H2/t5?,6-/m0/s1. The zero-order chi connectivity index (χ0) is 9.78. The Labute approximate surface area is 67.8 Å². The minimum atomic E-state index is -4.94. The van der Waals surface area contributed by atoms with E-state index in [4.69, 9.17) is 0 Å². The van der Waals surface area contributed by atoms with Gasteiger partial charge in [0.25, 0.3) is 0 Å². The summed E-state index contributed by atoms with van der Waals surface area (Å²) in [6.07, 6.45) is -10.8. The first-order valence-electron chi connectivity index (χ1n) is 3.52. The molecule has 0 amide bonds. The second kappa shape index (κ2) is 4.62. The van der Waals surface area contributed by atoms with Crippen molar-refractivity contribution in [1.82, 2.24) is 0 Å². The number of alkyl halides is 5. The average molecular weight is 189 g/mol. The Morgan fingerprint density at radius 1 is 1.17 bits per heavy atom. The first-order chi connectivity index (χ1) is 5.38. The number of hydrogen-bond donors (Lipinski definition) is 0. The van der Waals surface area contributed by atoms with Gasteiger partial charge in [-0.15, -0.1) is 0 Å². The molecular weight excluding hydrogens is 179 g/mol. The summed E-state index contributed by atoms with van der Waals surface area (Å²) < 4.78 is 59.0. The number of hydrogen-bond acceptors (Lipinski definition) is 0. The lowest BCUT2D eigenvalue weighted by molar-refractivity contribution is -0.185. The van der Waals surface area contributed by atoms with Crippen LogP contribution >= 0.6 is 0 Å². The Kier molecular flexibility index (Phi) is 4.49. The van der Waals surface area contributed by atoms with E-state index >= 15 is 0 Å². The maximum atomic E-state index is 12.4. The molecule has 0 bridgehead atoms. The molecule has 0 rings (SSSR count). The predicted octanol–water partition coefficient (Wildman–Crippen LogP) is 3.23. The summed E-state index contributed by atoms with van der Waals surface area (Å²) in [5.74, 6) is 0. The third-order valence-corrected chi connectivity index (χ3v) is 1.34. The van der Waals surface area contributed by atoms with Crippen LogP contribution in [0.15, 0.2) is 0 Å². The van der Waals surface area contributed by atoms with Crippen LogP contribution in [-0.4, -0.2) is 18.5 Å². The van der Waals surface area contributed by atoms with Gasteiger partial charge in [-0.25, -0.2) is 8.78 Å². The second-order valence-electron chi connectivity index (χ2n) is 2.48. The van der Waals surface area contributed by atoms with Gasteiger partial charge < -0.3 is 0 Å². The van der Waals surface area contributed by atoms with E-state index in [-0.39, 0.29) is 12.8 Å². The van der Waals surface area contributed by atoms with E-state index < -0.39 is 24.9 Å². The molecule has 73 valence electrons. The first-order valence-corrected chi connectivity index (χ1v) is 3.52. The highest BCUT2D eigenvalue weighted by Crippen LogP contribution is 2.27. The lowest BCUT2D eigenvalue weighted by Crippen LogP contribution is -2.27. The van der Waals surface area contributed by atoms with Gasteiger partial charge in [-0.2, -0.15) is 13.2 Å². The van der Waals surface area contributed by atoms with Crippen molar-refractivity contribution in [3.8, 4) is 0 Å². The van der Waals surface area contributed by atoms with Gasteiger partial charge in [0, 0.05) is 6.42 Å². The van der Waals surface area contributed by atoms with Crippen LogP contribution in [0.2, 0.25) is 0 Å². The quantitative estimate of drug-likeness (QED) is 0.595. The van der Waals surface area contributed by atoms with E-state index in [2.05, 4.69) is 6.92 Å². The largest absolute Gasteiger partial charge is 0.419 e. The molecule has 0 aromatic heterocycles. The van der Waals surface area contributed by atoms with Gasteiger partial charge in [-0.3, -0.25) is 0 Å². The van der Waals surface area contributed by atoms with Crippen molar-refractivity contribution >= 4 is 0 Å². The van der Waals surface area contributed by atoms with Gasteiger partial charge in [0.05, 0.1) is 0 Å². The Morgan fingerprint density at radius 2 is 1.67 bits per heavy atom. The fourth-order valence-electron chi connectivity index (χ4n) is 0.698. The van der Waals surface area contributed by atoms with E-state index in [9.17, 15) is 22.0 Å². The van der Waals surface area contributed by atoms with Crippen LogP contribution < -0.4 is 0 Å². The maximum absolute atomic E-state index is 12.4. The zero-order valence-corrected chi connectivity index (χ0v) is 6.37. The lowest BCUT2D eigenvalue weighted by Gasteiger charge is -2.14. The molecule has 0 aromatic carbocycles. The van der Waals surface area contributed by atoms with Crippen molar-refractivity contribution in [3.63, 3.8) is 0 Å². The van der Waals surface area contributed by atoms with Crippen LogP contribution in [0, 0.1) is 6.92 Å². The third kappa shape index (κ3) is 4.51. The Bertz CT molecular complexity index is 119. The molecule has 0 aliphatic rings. The monoisotopic (exact) mass is 189 g/mol. The fraction of sp³-hybridized carbons (Fsp3) is 0.857. The van der Waals surface area contributed by atoms with Crippen molar-refractivity contribution in [1.29, 1.82) is 0 Å². The highest BCUT2D eigenvalue weighted by atomic mass is 19.4. The molecule has 0 heterocycles. The summed E-state index contributed by atoms with van der Waals surface area (Å²) in [5.41, 5.74) is 0. The molecule has 0 aliphatic carbocycles. The van der Waals surface area contributed by atoms with Crippen molar-refractivity contribution in [2.45, 2.75) is 37.8 Å². The molecular formula is C7H10F5. The third-order valence-electron chi connectivity index (χ3n) is 1.34. The van der Waals surface area contributed by atoms with Crippen LogP contribution in [0.3, 0.4) is 0 Å². The smallest absolute Gasteiger partial charge is 0.247 e. The molecule has 0 aromatic rings. The highest BCUT2D eigenvalue weighted by molar-refractivity contribution is 4.71. The summed E-state index contributed by atoms with van der Waals surface area (Å²) in [7, 11) is 0. The summed E-state index contributed by atoms with van der Waals surface area (Å²) in [6, 6.07) is 0. The van der Waals surface area contributed by atoms with Crippen molar-refractivity contribution in [2.24, 2.45) is 0 Å². The molecule has 5 heteroatoms. The molecule has 0 aliphatic heterocycles. The summed E-state index contributed by atoms with van der Waals surface area (Å²) in [5, 5.41) is 0. The minimum Gasteiger partial charge on any atom is -0.247 e. The summed E-state index contributed by atoms with van der Waals surface area (Å²) in [4.78, 5) is 0. The molecule has 0 saturated heterocycles. The minimum absolute atomic E-state index is 0.128. The molecule has 12 heavy (non-hydrogen) atoms. The second-order valence-corrected chi connectivity index (χ2v) is 2.48. The molecule has 0 nitrogen and oxygen atoms in total. The normalized spacial score (nSPS) is 17.5. The first kappa shape index (κ1) is 11.6. The van der Waals surface area contributed by atoms with E-state index in [0.29, 0.717) is 0 Å². The highest BCUT2D eigenvalue weighted by Gasteiger charge is 2.41. The van der Waals surface area contributed by atoms with Gasteiger partial charge >= 0.3 is 6.18 Å². The van der Waals surface area contributed by atoms with Gasteiger partial charge in [-0.1, -0.05) is 13.3 Å². The van der Waals surface area contributed by atoms with Crippen LogP contribution in [0.5, 0.6) is 0 Å². The topological polar surface area (TPSA) is 0 Å². The average Bonchev–Trinajstić information content (AvgIpc) is 1.85. The van der Waals surface area contributed by atoms with Crippen LogP contribution in [0.25, 0.3) is 0 Å². The molecule has 2 atom stereocenters. The van der Waals surface area contributed by atoms with Gasteiger partial charge in [0.1, 0.15) is 6.17 Å². The van der Waals surface area contributed by atoms with Gasteiger partial charge in [0.2, 0.25) is 0 Å². The number of rotatable bonds is 4. The molecule has 0 spiro atoms. The SMILES string of the molecule is [CH2]CCC(F)C[C@H](F)C(F)(F)F. The van der Waals surface area contributed by atoms with Crippen molar-refractivity contribution in [2.75, 3.05) is 0 Å². The zero-order valence-electron chi connectivity index (χ0n) is 6.37. The molecule has 0 N–H and O–H groups in total. The van der Waals surface area contributed by atoms with E-state index in [1.807, 2.05) is 0 Å². The van der Waals surface area contributed by atoms with Crippen LogP contribution in [0.1, 0.15) is 19.3 Å². The molecule has 1 unspecified atom stereocenters. The van der Waals surface area contributed by atoms with Crippen LogP contribution in [0.4, 0.5) is 22.0 Å². The van der Waals surface area contributed by atoms with E-state index in [0.717, 1.165) is 0 Å². The van der Waals surface area contributed by atoms with Crippen LogP contribution in [-0.2, 0) is 0 Å². The van der Waals surface area contributed by atoms with Gasteiger partial charge in [-0.05, 0) is 6.42 Å². The van der Waals surface area contributed by atoms with Crippen molar-refractivity contribution in [3.05, 3.63) is 6.92 Å². The Morgan fingerprint density at radius 3 is 2.00 bits per heavy atom. The van der Waals surface area contributed by atoms with Gasteiger partial charge in [0.15, 0.2) is 6.17 Å². The summed E-state index contributed by atoms with van der Waals surface area (Å²) in [6.45, 7) is 3.25. The maximum Gasteiger partial charge on any atom is 0.419 e. The lowest BCUT2D eigenvalue weighted by atomic mass is 10.1. The molecule has 0 saturated carbocycles. The molecule has 0 fully saturated rings. The van der Waals surface area contributed by atoms with E-state index in [1.165, 1.54) is 0 Å². The predicted molar refractivity (Wildman–Crippen MR) is 35.1 cm³/mol. The fourth-order valence-corrected chi connectivity index (χ4v) is 0.698. The number of halogens is 5.